The number of hydrogen-bond donors (Lipinski definition) is 2. The third-order valence-electron chi connectivity index (χ3n) is 4.12. The lowest BCUT2D eigenvalue weighted by molar-refractivity contribution is 0.0117. The van der Waals surface area contributed by atoms with Crippen LogP contribution in [0.1, 0.15) is 26.7 Å². The number of hydrogen-bond acceptors (Lipinski definition) is 4. The average molecular weight is 331 g/mol. The molecule has 0 saturated carbocycles. The summed E-state index contributed by atoms with van der Waals surface area (Å²) in [5.74, 6) is 0. The maximum absolute atomic E-state index is 12.6. The van der Waals surface area contributed by atoms with Gasteiger partial charge in [0.25, 0.3) is 0 Å². The molecule has 2 aromatic rings. The van der Waals surface area contributed by atoms with Gasteiger partial charge in [-0.3, -0.25) is 0 Å². The lowest BCUT2D eigenvalue weighted by atomic mass is 9.97. The fourth-order valence-electron chi connectivity index (χ4n) is 3.04. The van der Waals surface area contributed by atoms with Gasteiger partial charge in [-0.05, 0) is 38.8 Å². The van der Waals surface area contributed by atoms with Crippen LogP contribution >= 0.6 is 11.3 Å². The maximum atomic E-state index is 12.6. The number of aromatic nitrogens is 1. The molecule has 0 spiro atoms. The van der Waals surface area contributed by atoms with Crippen molar-refractivity contribution in [2.45, 2.75) is 38.3 Å². The van der Waals surface area contributed by atoms with Crippen molar-refractivity contribution in [2.24, 2.45) is 0 Å². The molecule has 2 N–H and O–H groups in total. The van der Waals surface area contributed by atoms with Gasteiger partial charge in [-0.15, -0.1) is 11.3 Å². The Morgan fingerprint density at radius 1 is 1.48 bits per heavy atom. The van der Waals surface area contributed by atoms with E-state index in [1.165, 1.54) is 0 Å². The SMILES string of the molecule is CC(C)(O)C1CCCN1C(=O)Nc1cccc(-c2nccs2)c1. The van der Waals surface area contributed by atoms with E-state index in [-0.39, 0.29) is 12.1 Å². The number of carbonyl (C=O) groups excluding carboxylic acids is 1. The highest BCUT2D eigenvalue weighted by molar-refractivity contribution is 7.13. The molecule has 0 aliphatic carbocycles. The first kappa shape index (κ1) is 16.0. The number of amides is 2. The second kappa shape index (κ2) is 6.29. The highest BCUT2D eigenvalue weighted by Crippen LogP contribution is 2.28. The summed E-state index contributed by atoms with van der Waals surface area (Å²) in [5.41, 5.74) is 0.832. The molecule has 1 aromatic carbocycles. The van der Waals surface area contributed by atoms with E-state index < -0.39 is 5.60 Å². The van der Waals surface area contributed by atoms with Crippen LogP contribution in [-0.2, 0) is 0 Å². The molecule has 3 rings (SSSR count). The molecule has 1 unspecified atom stereocenters. The zero-order valence-corrected chi connectivity index (χ0v) is 14.1. The fourth-order valence-corrected chi connectivity index (χ4v) is 3.67. The molecule has 2 heterocycles. The lowest BCUT2D eigenvalue weighted by Gasteiger charge is -2.33. The van der Waals surface area contributed by atoms with Gasteiger partial charge in [0.1, 0.15) is 5.01 Å². The summed E-state index contributed by atoms with van der Waals surface area (Å²) in [6, 6.07) is 7.36. The maximum Gasteiger partial charge on any atom is 0.322 e. The van der Waals surface area contributed by atoms with Gasteiger partial charge in [-0.25, -0.2) is 9.78 Å². The van der Waals surface area contributed by atoms with E-state index in [1.54, 1.807) is 36.3 Å². The van der Waals surface area contributed by atoms with E-state index in [1.807, 2.05) is 29.6 Å². The van der Waals surface area contributed by atoms with Gasteiger partial charge in [-0.1, -0.05) is 12.1 Å². The van der Waals surface area contributed by atoms with Crippen molar-refractivity contribution in [1.29, 1.82) is 0 Å². The van der Waals surface area contributed by atoms with Crippen molar-refractivity contribution < 1.29 is 9.90 Å². The first-order chi connectivity index (χ1) is 10.9. The number of rotatable bonds is 3. The number of nitrogens with one attached hydrogen (secondary N) is 1. The predicted molar refractivity (Wildman–Crippen MR) is 92.6 cm³/mol. The predicted octanol–water partition coefficient (Wildman–Crippen LogP) is 3.58. The molecule has 23 heavy (non-hydrogen) atoms. The summed E-state index contributed by atoms with van der Waals surface area (Å²) >= 11 is 1.57. The number of likely N-dealkylation sites (tertiary alicyclic amines) is 1. The monoisotopic (exact) mass is 331 g/mol. The van der Waals surface area contributed by atoms with Crippen molar-refractivity contribution in [3.63, 3.8) is 0 Å². The van der Waals surface area contributed by atoms with Gasteiger partial charge < -0.3 is 15.3 Å². The number of nitrogens with zero attached hydrogens (tertiary/aromatic N) is 2. The van der Waals surface area contributed by atoms with Crippen LogP contribution in [-0.4, -0.2) is 39.2 Å². The molecule has 1 aromatic heterocycles. The summed E-state index contributed by atoms with van der Waals surface area (Å²) in [6.07, 6.45) is 3.51. The molecule has 1 atom stereocenters. The number of thiazole rings is 1. The molecule has 1 saturated heterocycles. The Bertz CT molecular complexity index is 679. The largest absolute Gasteiger partial charge is 0.388 e. The summed E-state index contributed by atoms with van der Waals surface area (Å²) in [5, 5.41) is 16.0. The van der Waals surface area contributed by atoms with Crippen molar-refractivity contribution in [2.75, 3.05) is 11.9 Å². The Kier molecular flexibility index (Phi) is 4.37. The normalized spacial score (nSPS) is 18.2. The second-order valence-electron chi connectivity index (χ2n) is 6.35. The molecular formula is C17H21N3O2S. The fraction of sp³-hybridized carbons (Fsp3) is 0.412. The minimum atomic E-state index is -0.892. The quantitative estimate of drug-likeness (QED) is 0.903. The van der Waals surface area contributed by atoms with Crippen LogP contribution in [0.2, 0.25) is 0 Å². The molecule has 122 valence electrons. The van der Waals surface area contributed by atoms with Crippen molar-refractivity contribution in [3.05, 3.63) is 35.8 Å². The molecule has 2 amide bonds. The minimum Gasteiger partial charge on any atom is -0.388 e. The summed E-state index contributed by atoms with van der Waals surface area (Å²) < 4.78 is 0. The van der Waals surface area contributed by atoms with Crippen molar-refractivity contribution in [3.8, 4) is 10.6 Å². The van der Waals surface area contributed by atoms with Crippen LogP contribution in [0, 0.1) is 0 Å². The van der Waals surface area contributed by atoms with Gasteiger partial charge in [0, 0.05) is 29.4 Å². The molecule has 0 radical (unpaired) electrons. The number of anilines is 1. The number of urea groups is 1. The molecule has 6 heteroatoms. The average Bonchev–Trinajstić information content (AvgIpc) is 3.18. The highest BCUT2D eigenvalue weighted by Gasteiger charge is 2.38. The van der Waals surface area contributed by atoms with E-state index >= 15 is 0 Å². The molecule has 1 aliphatic rings. The summed E-state index contributed by atoms with van der Waals surface area (Å²) in [6.45, 7) is 4.19. The van der Waals surface area contributed by atoms with Crippen LogP contribution in [0.4, 0.5) is 10.5 Å². The Morgan fingerprint density at radius 2 is 2.30 bits per heavy atom. The van der Waals surface area contributed by atoms with E-state index in [0.29, 0.717) is 6.54 Å². The number of aliphatic hydroxyl groups is 1. The minimum absolute atomic E-state index is 0.148. The first-order valence-electron chi connectivity index (χ1n) is 7.75. The Labute approximate surface area is 140 Å². The highest BCUT2D eigenvalue weighted by atomic mass is 32.1. The Hall–Kier alpha value is -1.92. The van der Waals surface area contributed by atoms with E-state index in [4.69, 9.17) is 0 Å². The van der Waals surface area contributed by atoms with Crippen molar-refractivity contribution >= 4 is 23.1 Å². The Balaban J connectivity index is 1.74. The first-order valence-corrected chi connectivity index (χ1v) is 8.63. The lowest BCUT2D eigenvalue weighted by Crippen LogP contribution is -2.49. The topological polar surface area (TPSA) is 65.5 Å². The third-order valence-corrected chi connectivity index (χ3v) is 4.94. The van der Waals surface area contributed by atoms with Crippen molar-refractivity contribution in [1.82, 2.24) is 9.88 Å². The molecule has 1 aliphatic heterocycles. The molecule has 5 nitrogen and oxygen atoms in total. The zero-order valence-electron chi connectivity index (χ0n) is 13.3. The van der Waals surface area contributed by atoms with Crippen LogP contribution < -0.4 is 5.32 Å². The van der Waals surface area contributed by atoms with Crippen LogP contribution in [0.25, 0.3) is 10.6 Å². The van der Waals surface area contributed by atoms with Gasteiger partial charge in [0.05, 0.1) is 11.6 Å². The number of benzene rings is 1. The zero-order chi connectivity index (χ0) is 16.4. The molecular weight excluding hydrogens is 310 g/mol. The van der Waals surface area contributed by atoms with Gasteiger partial charge in [0.15, 0.2) is 0 Å². The van der Waals surface area contributed by atoms with Crippen LogP contribution in [0.5, 0.6) is 0 Å². The van der Waals surface area contributed by atoms with Gasteiger partial charge in [-0.2, -0.15) is 0 Å². The standard InChI is InChI=1S/C17H21N3O2S/c1-17(2,22)14-7-4-9-20(14)16(21)19-13-6-3-5-12(11-13)15-18-8-10-23-15/h3,5-6,8,10-11,14,22H,4,7,9H2,1-2H3,(H,19,21). The van der Waals surface area contributed by atoms with Crippen LogP contribution in [0.3, 0.4) is 0 Å². The molecule has 0 bridgehead atoms. The van der Waals surface area contributed by atoms with E-state index in [0.717, 1.165) is 29.1 Å². The number of carbonyl (C=O) groups is 1. The smallest absolute Gasteiger partial charge is 0.322 e. The summed E-state index contributed by atoms with van der Waals surface area (Å²) in [7, 11) is 0. The summed E-state index contributed by atoms with van der Waals surface area (Å²) in [4.78, 5) is 18.6. The van der Waals surface area contributed by atoms with Crippen LogP contribution in [0.15, 0.2) is 35.8 Å². The Morgan fingerprint density at radius 3 is 3.00 bits per heavy atom. The second-order valence-corrected chi connectivity index (χ2v) is 7.25. The third kappa shape index (κ3) is 3.54. The van der Waals surface area contributed by atoms with Gasteiger partial charge in [0.2, 0.25) is 0 Å². The van der Waals surface area contributed by atoms with Gasteiger partial charge >= 0.3 is 6.03 Å². The van der Waals surface area contributed by atoms with E-state index in [9.17, 15) is 9.90 Å². The molecule has 1 fully saturated rings. The van der Waals surface area contributed by atoms with E-state index in [2.05, 4.69) is 10.3 Å².